The van der Waals surface area contributed by atoms with E-state index in [2.05, 4.69) is 0 Å². The van der Waals surface area contributed by atoms with Crippen molar-refractivity contribution in [3.8, 4) is 5.75 Å². The number of aliphatic hydroxyl groups is 3. The lowest BCUT2D eigenvalue weighted by molar-refractivity contribution is -0.148. The normalized spacial score (nSPS) is 25.0. The van der Waals surface area contributed by atoms with Crippen LogP contribution in [0.1, 0.15) is 38.3 Å². The van der Waals surface area contributed by atoms with Crippen LogP contribution in [0.25, 0.3) is 0 Å². The third-order valence-electron chi connectivity index (χ3n) is 8.63. The van der Waals surface area contributed by atoms with E-state index in [0.717, 1.165) is 17.3 Å². The molecule has 3 aliphatic rings. The molecule has 0 aromatic heterocycles. The number of primary amides is 1. The van der Waals surface area contributed by atoms with Crippen LogP contribution in [-0.2, 0) is 16.0 Å². The molecule has 11 nitrogen and oxygen atoms in total. The van der Waals surface area contributed by atoms with E-state index in [1.165, 1.54) is 11.0 Å². The number of hydrogen-bond donors (Lipinski definition) is 5. The van der Waals surface area contributed by atoms with Crippen molar-refractivity contribution in [2.75, 3.05) is 33.1 Å². The fraction of sp³-hybridized carbons (Fsp3) is 0.355. The summed E-state index contributed by atoms with van der Waals surface area (Å²) in [5.74, 6) is -7.43. The number of rotatable bonds is 5. The predicted molar refractivity (Wildman–Crippen MR) is 159 cm³/mol. The predicted octanol–water partition coefficient (Wildman–Crippen LogP) is 2.43. The molecule has 0 heterocycles. The molecule has 2 aromatic rings. The Hall–Kier alpha value is -4.13. The number of likely N-dealkylation sites (N-methyl/N-ethyl adjacent to an activating group) is 1. The van der Waals surface area contributed by atoms with Gasteiger partial charge in [-0.05, 0) is 75.3 Å². The Bertz CT molecular complexity index is 1660. The van der Waals surface area contributed by atoms with Crippen LogP contribution in [0.15, 0.2) is 57.9 Å². The number of allylic oxidation sites excluding steroid dienone is 1. The highest BCUT2D eigenvalue weighted by Gasteiger charge is 2.63. The zero-order chi connectivity index (χ0) is 31.7. The van der Waals surface area contributed by atoms with Crippen LogP contribution in [0.2, 0.25) is 0 Å². The van der Waals surface area contributed by atoms with E-state index >= 15 is 0 Å². The van der Waals surface area contributed by atoms with Gasteiger partial charge in [0.05, 0.1) is 17.2 Å². The summed E-state index contributed by atoms with van der Waals surface area (Å²) in [4.78, 5) is 57.1. The summed E-state index contributed by atoms with van der Waals surface area (Å²) in [5.41, 5.74) is 3.14. The maximum atomic E-state index is 14.1. The maximum absolute atomic E-state index is 14.1. The Morgan fingerprint density at radius 1 is 1.05 bits per heavy atom. The van der Waals surface area contributed by atoms with E-state index < -0.39 is 68.9 Å². The zero-order valence-corrected chi connectivity index (χ0v) is 25.2. The lowest BCUT2D eigenvalue weighted by Gasteiger charge is -2.50. The van der Waals surface area contributed by atoms with Gasteiger partial charge in [0, 0.05) is 36.2 Å². The van der Waals surface area contributed by atoms with Crippen LogP contribution >= 0.6 is 11.8 Å². The molecule has 0 saturated heterocycles. The second kappa shape index (κ2) is 10.5. The molecule has 0 bridgehead atoms. The van der Waals surface area contributed by atoms with Crippen molar-refractivity contribution in [3.05, 3.63) is 75.3 Å². The maximum Gasteiger partial charge on any atom is 0.255 e. The van der Waals surface area contributed by atoms with Gasteiger partial charge in [-0.3, -0.25) is 24.1 Å². The topological polar surface area (TPSA) is 182 Å². The number of phenolic OH excluding ortho intramolecular Hbond substituents is 1. The smallest absolute Gasteiger partial charge is 0.255 e. The van der Waals surface area contributed by atoms with Gasteiger partial charge in [-0.15, -0.1) is 0 Å². The van der Waals surface area contributed by atoms with E-state index in [9.17, 15) is 39.6 Å². The van der Waals surface area contributed by atoms with E-state index in [4.69, 9.17) is 5.73 Å². The van der Waals surface area contributed by atoms with Crippen molar-refractivity contribution in [1.29, 1.82) is 0 Å². The number of Topliss-reactive ketones (excluding diaryl/α,β-unsaturated/α-hetero) is 2. The molecular formula is C31H33N3O8S. The third kappa shape index (κ3) is 4.52. The first kappa shape index (κ1) is 30.3. The molecule has 12 heteroatoms. The van der Waals surface area contributed by atoms with Gasteiger partial charge in [0.15, 0.2) is 11.4 Å². The molecule has 2 aromatic carbocycles. The highest BCUT2D eigenvalue weighted by Crippen LogP contribution is 2.53. The third-order valence-corrected chi connectivity index (χ3v) is 9.55. The van der Waals surface area contributed by atoms with Crippen molar-refractivity contribution in [1.82, 2.24) is 4.90 Å². The standard InChI is InChI=1S/C31H33N3O8S/c1-13-6-8-15(9-7-13)43-30(41)17-12-19(33(2)3)16-10-14-11-18-23(34(4)5)26(37)22(29(32)40)28(39)31(18,42)27(38)20(14)25(36)21(16)24(17)35/h6-9,12,14,18,23,35,37-38,42H,10-11H2,1-5H3,(H2,32,40)/t14?,18?,23-,31-/m0/s1. The largest absolute Gasteiger partial charge is 0.510 e. The Labute approximate surface area is 252 Å². The number of anilines is 1. The van der Waals surface area contributed by atoms with E-state index in [1.54, 1.807) is 45.2 Å². The van der Waals surface area contributed by atoms with Crippen molar-refractivity contribution < 1.29 is 39.6 Å². The first-order chi connectivity index (χ1) is 20.1. The molecule has 2 unspecified atom stereocenters. The van der Waals surface area contributed by atoms with Crippen molar-refractivity contribution >= 4 is 40.0 Å². The number of aromatic hydroxyl groups is 1. The van der Waals surface area contributed by atoms with Crippen LogP contribution in [0.4, 0.5) is 5.69 Å². The molecule has 0 radical (unpaired) electrons. The van der Waals surface area contributed by atoms with Gasteiger partial charge >= 0.3 is 0 Å². The number of nitrogens with two attached hydrogens (primary N) is 1. The Morgan fingerprint density at radius 2 is 1.67 bits per heavy atom. The van der Waals surface area contributed by atoms with Crippen molar-refractivity contribution in [2.45, 2.75) is 36.3 Å². The zero-order valence-electron chi connectivity index (χ0n) is 24.3. The van der Waals surface area contributed by atoms with E-state index in [0.29, 0.717) is 16.1 Å². The molecule has 226 valence electrons. The molecule has 0 aliphatic heterocycles. The van der Waals surface area contributed by atoms with Gasteiger partial charge in [0.25, 0.3) is 5.91 Å². The minimum Gasteiger partial charge on any atom is -0.510 e. The Balaban J connectivity index is 1.68. The highest BCUT2D eigenvalue weighted by atomic mass is 32.2. The molecule has 43 heavy (non-hydrogen) atoms. The summed E-state index contributed by atoms with van der Waals surface area (Å²) in [6.07, 6.45) is 0.0958. The minimum atomic E-state index is -2.74. The number of hydrogen-bond acceptors (Lipinski definition) is 11. The number of ketones is 2. The fourth-order valence-corrected chi connectivity index (χ4v) is 7.37. The lowest BCUT2D eigenvalue weighted by Crippen LogP contribution is -2.63. The van der Waals surface area contributed by atoms with Crippen LogP contribution < -0.4 is 10.6 Å². The van der Waals surface area contributed by atoms with Gasteiger partial charge < -0.3 is 31.1 Å². The molecular weight excluding hydrogens is 574 g/mol. The van der Waals surface area contributed by atoms with Crippen LogP contribution in [-0.4, -0.2) is 87.7 Å². The van der Waals surface area contributed by atoms with Crippen LogP contribution in [0, 0.1) is 18.8 Å². The number of fused-ring (bicyclic) bond motifs is 3. The number of carbonyl (C=O) groups is 4. The molecule has 0 fully saturated rings. The summed E-state index contributed by atoms with van der Waals surface area (Å²) in [7, 11) is 6.61. The van der Waals surface area contributed by atoms with E-state index in [1.807, 2.05) is 19.1 Å². The van der Waals surface area contributed by atoms with Crippen molar-refractivity contribution in [3.63, 3.8) is 0 Å². The second-order valence-corrected chi connectivity index (χ2v) is 12.8. The number of aryl methyl sites for hydroxylation is 1. The van der Waals surface area contributed by atoms with Gasteiger partial charge in [0.2, 0.25) is 10.9 Å². The van der Waals surface area contributed by atoms with Gasteiger partial charge in [-0.2, -0.15) is 0 Å². The highest BCUT2D eigenvalue weighted by molar-refractivity contribution is 8.14. The number of thioether (sulfide) groups is 1. The molecule has 1 amide bonds. The first-order valence-electron chi connectivity index (χ1n) is 13.6. The van der Waals surface area contributed by atoms with Gasteiger partial charge in [-0.25, -0.2) is 0 Å². The summed E-state index contributed by atoms with van der Waals surface area (Å²) in [6, 6.07) is 7.68. The number of carbonyl (C=O) groups excluding carboxylic acids is 4. The molecule has 0 spiro atoms. The van der Waals surface area contributed by atoms with Crippen molar-refractivity contribution in [2.24, 2.45) is 17.6 Å². The Morgan fingerprint density at radius 3 is 2.23 bits per heavy atom. The average Bonchev–Trinajstić information content (AvgIpc) is 2.91. The van der Waals surface area contributed by atoms with Crippen LogP contribution in [0.3, 0.4) is 0 Å². The second-order valence-electron chi connectivity index (χ2n) is 11.7. The molecule has 0 saturated carbocycles. The monoisotopic (exact) mass is 607 g/mol. The summed E-state index contributed by atoms with van der Waals surface area (Å²) in [6.45, 7) is 1.91. The number of nitrogens with zero attached hydrogens (tertiary/aromatic N) is 2. The number of amides is 1. The summed E-state index contributed by atoms with van der Waals surface area (Å²) < 4.78 is 0. The Kier molecular flexibility index (Phi) is 7.44. The molecule has 6 N–H and O–H groups in total. The van der Waals surface area contributed by atoms with Gasteiger partial charge in [0.1, 0.15) is 22.8 Å². The minimum absolute atomic E-state index is 0.0245. The quantitative estimate of drug-likeness (QED) is 0.249. The number of phenols is 1. The van der Waals surface area contributed by atoms with Gasteiger partial charge in [-0.1, -0.05) is 17.7 Å². The van der Waals surface area contributed by atoms with Crippen LogP contribution in [0.5, 0.6) is 5.75 Å². The summed E-state index contributed by atoms with van der Waals surface area (Å²) in [5, 5.41) is 45.1. The summed E-state index contributed by atoms with van der Waals surface area (Å²) >= 11 is 0.884. The van der Waals surface area contributed by atoms with E-state index in [-0.39, 0.29) is 29.5 Å². The SMILES string of the molecule is Cc1ccc(SC(=O)c2cc(N(C)C)c3c(c2O)C(=O)C2=C(O)[C@]4(O)C(=O)C(C(N)=O)=C(O)[C@@H](N(C)C)C4CC2C3)cc1. The average molecular weight is 608 g/mol. The molecule has 3 aliphatic carbocycles. The lowest BCUT2D eigenvalue weighted by atomic mass is 9.58. The first-order valence-corrected chi connectivity index (χ1v) is 14.4. The molecule has 4 atom stereocenters. The number of benzene rings is 2. The number of aliphatic hydroxyl groups excluding tert-OH is 2. The fourth-order valence-electron chi connectivity index (χ4n) is 6.62. The molecule has 5 rings (SSSR count).